The summed E-state index contributed by atoms with van der Waals surface area (Å²) in [5, 5.41) is 1.96. The lowest BCUT2D eigenvalue weighted by molar-refractivity contribution is 0.0678. The molecule has 0 N–H and O–H groups in total. The van der Waals surface area contributed by atoms with E-state index in [9.17, 15) is 4.79 Å². The summed E-state index contributed by atoms with van der Waals surface area (Å²) in [5.41, 5.74) is 1.27. The largest absolute Gasteiger partial charge is 0.338 e. The number of amides is 1. The monoisotopic (exact) mass is 286 g/mol. The molecule has 1 amide bonds. The normalized spacial score (nSPS) is 19.0. The summed E-state index contributed by atoms with van der Waals surface area (Å²) in [6, 6.07) is 7.95. The molecule has 1 aliphatic rings. The van der Waals surface area contributed by atoms with E-state index >= 15 is 0 Å². The quantitative estimate of drug-likeness (QED) is 0.868. The molecule has 1 aliphatic heterocycles. The second-order valence-electron chi connectivity index (χ2n) is 5.30. The van der Waals surface area contributed by atoms with Gasteiger partial charge in [0.25, 0.3) is 5.91 Å². The molecule has 0 aromatic carbocycles. The van der Waals surface area contributed by atoms with Crippen LogP contribution in [0.2, 0.25) is 0 Å². The van der Waals surface area contributed by atoms with Crippen molar-refractivity contribution in [3.8, 4) is 0 Å². The van der Waals surface area contributed by atoms with E-state index < -0.39 is 0 Å². The van der Waals surface area contributed by atoms with Crippen LogP contribution in [0.3, 0.4) is 0 Å². The van der Waals surface area contributed by atoms with Crippen LogP contribution in [0.25, 0.3) is 0 Å². The number of hydrogen-bond acceptors (Lipinski definition) is 3. The van der Waals surface area contributed by atoms with E-state index in [0.29, 0.717) is 5.92 Å². The zero-order chi connectivity index (χ0) is 13.8. The van der Waals surface area contributed by atoms with Crippen molar-refractivity contribution in [1.29, 1.82) is 0 Å². The van der Waals surface area contributed by atoms with Gasteiger partial charge in [0.2, 0.25) is 0 Å². The molecule has 1 unspecified atom stereocenters. The number of piperidine rings is 1. The Labute approximate surface area is 123 Å². The molecular formula is C16H18N2OS. The molecule has 0 spiro atoms. The summed E-state index contributed by atoms with van der Waals surface area (Å²) in [5.74, 6) is 0.743. The Kier molecular flexibility index (Phi) is 4.11. The second kappa shape index (κ2) is 6.18. The molecule has 104 valence electrons. The number of thiophene rings is 1. The van der Waals surface area contributed by atoms with Gasteiger partial charge in [0, 0.05) is 25.5 Å². The number of hydrogen-bond donors (Lipinski definition) is 0. The highest BCUT2D eigenvalue weighted by molar-refractivity contribution is 7.12. The molecule has 1 fully saturated rings. The van der Waals surface area contributed by atoms with Crippen molar-refractivity contribution in [2.45, 2.75) is 19.3 Å². The van der Waals surface area contributed by atoms with E-state index in [2.05, 4.69) is 11.1 Å². The molecule has 1 saturated heterocycles. The average Bonchev–Trinajstić information content (AvgIpc) is 3.02. The molecule has 0 saturated carbocycles. The third kappa shape index (κ3) is 3.07. The lowest BCUT2D eigenvalue weighted by atomic mass is 9.92. The first-order chi connectivity index (χ1) is 9.83. The van der Waals surface area contributed by atoms with Crippen molar-refractivity contribution < 1.29 is 4.79 Å². The Morgan fingerprint density at radius 3 is 3.10 bits per heavy atom. The molecule has 2 aromatic heterocycles. The van der Waals surface area contributed by atoms with E-state index in [1.807, 2.05) is 34.7 Å². The third-order valence-electron chi connectivity index (χ3n) is 3.79. The predicted octanol–water partition coefficient (Wildman–Crippen LogP) is 3.24. The summed E-state index contributed by atoms with van der Waals surface area (Å²) < 4.78 is 0. The van der Waals surface area contributed by atoms with Crippen LogP contribution in [-0.2, 0) is 6.42 Å². The van der Waals surface area contributed by atoms with E-state index in [1.54, 1.807) is 6.20 Å². The topological polar surface area (TPSA) is 33.2 Å². The van der Waals surface area contributed by atoms with Crippen LogP contribution < -0.4 is 0 Å². The maximum absolute atomic E-state index is 12.4. The van der Waals surface area contributed by atoms with Crippen molar-refractivity contribution in [2.24, 2.45) is 5.92 Å². The Morgan fingerprint density at radius 1 is 1.40 bits per heavy atom. The highest BCUT2D eigenvalue weighted by atomic mass is 32.1. The lowest BCUT2D eigenvalue weighted by Gasteiger charge is -2.32. The van der Waals surface area contributed by atoms with Gasteiger partial charge in [-0.15, -0.1) is 11.3 Å². The van der Waals surface area contributed by atoms with Crippen molar-refractivity contribution >= 4 is 17.2 Å². The molecule has 0 bridgehead atoms. The molecule has 4 heteroatoms. The van der Waals surface area contributed by atoms with E-state index in [1.165, 1.54) is 23.3 Å². The first kappa shape index (κ1) is 13.3. The third-order valence-corrected chi connectivity index (χ3v) is 4.64. The number of carbonyl (C=O) groups excluding carboxylic acids is 1. The number of nitrogens with zero attached hydrogens (tertiary/aromatic N) is 2. The Bertz CT molecular complexity index is 553. The lowest BCUT2D eigenvalue weighted by Crippen LogP contribution is -2.40. The van der Waals surface area contributed by atoms with Gasteiger partial charge in [-0.05, 0) is 48.3 Å². The smallest absolute Gasteiger partial charge is 0.263 e. The molecule has 3 rings (SSSR count). The van der Waals surface area contributed by atoms with E-state index in [0.717, 1.165) is 30.8 Å². The molecule has 0 aliphatic carbocycles. The van der Waals surface area contributed by atoms with Gasteiger partial charge in [-0.3, -0.25) is 9.78 Å². The number of aromatic nitrogens is 1. The minimum atomic E-state index is 0.191. The molecule has 0 radical (unpaired) electrons. The fourth-order valence-electron chi connectivity index (χ4n) is 2.82. The standard InChI is InChI=1S/C16H18N2OS/c19-16(15-6-3-9-20-15)18-8-2-5-14(12-18)10-13-4-1-7-17-11-13/h1,3-4,6-7,9,11,14H,2,5,8,10,12H2. The summed E-state index contributed by atoms with van der Waals surface area (Å²) >= 11 is 1.53. The fourth-order valence-corrected chi connectivity index (χ4v) is 3.52. The van der Waals surface area contributed by atoms with Crippen molar-refractivity contribution in [3.05, 3.63) is 52.5 Å². The van der Waals surface area contributed by atoms with E-state index in [-0.39, 0.29) is 5.91 Å². The van der Waals surface area contributed by atoms with Gasteiger partial charge >= 0.3 is 0 Å². The average molecular weight is 286 g/mol. The summed E-state index contributed by atoms with van der Waals surface area (Å²) in [6.45, 7) is 1.76. The predicted molar refractivity (Wildman–Crippen MR) is 80.9 cm³/mol. The number of carbonyl (C=O) groups is 1. The van der Waals surface area contributed by atoms with Crippen LogP contribution in [0.15, 0.2) is 42.0 Å². The van der Waals surface area contributed by atoms with Crippen molar-refractivity contribution in [2.75, 3.05) is 13.1 Å². The summed E-state index contributed by atoms with van der Waals surface area (Å²) in [4.78, 5) is 19.4. The maximum atomic E-state index is 12.4. The van der Waals surface area contributed by atoms with Gasteiger partial charge in [-0.2, -0.15) is 0 Å². The van der Waals surface area contributed by atoms with Gasteiger partial charge in [-0.1, -0.05) is 12.1 Å². The Morgan fingerprint density at radius 2 is 2.35 bits per heavy atom. The molecule has 1 atom stereocenters. The maximum Gasteiger partial charge on any atom is 0.263 e. The van der Waals surface area contributed by atoms with Crippen LogP contribution in [0, 0.1) is 5.92 Å². The first-order valence-corrected chi connectivity index (χ1v) is 7.92. The SMILES string of the molecule is O=C(c1cccs1)N1CCCC(Cc2cccnc2)C1. The van der Waals surface area contributed by atoms with Gasteiger partial charge in [0.15, 0.2) is 0 Å². The van der Waals surface area contributed by atoms with Crippen LogP contribution in [-0.4, -0.2) is 28.9 Å². The Hall–Kier alpha value is -1.68. The van der Waals surface area contributed by atoms with Crippen LogP contribution in [0.4, 0.5) is 0 Å². The van der Waals surface area contributed by atoms with Gasteiger partial charge in [0.1, 0.15) is 0 Å². The zero-order valence-electron chi connectivity index (χ0n) is 11.4. The molecule has 3 nitrogen and oxygen atoms in total. The van der Waals surface area contributed by atoms with Crippen molar-refractivity contribution in [3.63, 3.8) is 0 Å². The van der Waals surface area contributed by atoms with Crippen molar-refractivity contribution in [1.82, 2.24) is 9.88 Å². The number of pyridine rings is 1. The minimum absolute atomic E-state index is 0.191. The van der Waals surface area contributed by atoms with Gasteiger partial charge < -0.3 is 4.90 Å². The van der Waals surface area contributed by atoms with E-state index in [4.69, 9.17) is 0 Å². The van der Waals surface area contributed by atoms with Crippen LogP contribution in [0.1, 0.15) is 28.1 Å². The molecular weight excluding hydrogens is 268 g/mol. The second-order valence-corrected chi connectivity index (χ2v) is 6.25. The van der Waals surface area contributed by atoms with Crippen LogP contribution in [0.5, 0.6) is 0 Å². The molecule has 2 aromatic rings. The summed E-state index contributed by atoms with van der Waals surface area (Å²) in [7, 11) is 0. The molecule has 3 heterocycles. The number of likely N-dealkylation sites (tertiary alicyclic amines) is 1. The number of rotatable bonds is 3. The fraction of sp³-hybridized carbons (Fsp3) is 0.375. The van der Waals surface area contributed by atoms with Crippen LogP contribution >= 0.6 is 11.3 Å². The highest BCUT2D eigenvalue weighted by Crippen LogP contribution is 2.23. The van der Waals surface area contributed by atoms with Gasteiger partial charge in [-0.25, -0.2) is 0 Å². The zero-order valence-corrected chi connectivity index (χ0v) is 12.2. The summed E-state index contributed by atoms with van der Waals surface area (Å²) in [6.07, 6.45) is 7.05. The highest BCUT2D eigenvalue weighted by Gasteiger charge is 2.25. The molecule has 20 heavy (non-hydrogen) atoms. The Balaban J connectivity index is 1.63. The van der Waals surface area contributed by atoms with Gasteiger partial charge in [0.05, 0.1) is 4.88 Å². The first-order valence-electron chi connectivity index (χ1n) is 7.04. The minimum Gasteiger partial charge on any atom is -0.338 e.